The van der Waals surface area contributed by atoms with Crippen molar-refractivity contribution in [3.8, 4) is 0 Å². The van der Waals surface area contributed by atoms with Crippen LogP contribution in [0.25, 0.3) is 0 Å². The molecule has 0 aromatic heterocycles. The Morgan fingerprint density at radius 3 is 2.63 bits per heavy atom. The van der Waals surface area contributed by atoms with Crippen molar-refractivity contribution in [1.82, 2.24) is 0 Å². The van der Waals surface area contributed by atoms with E-state index in [2.05, 4.69) is 26.2 Å². The second-order valence-electron chi connectivity index (χ2n) is 3.70. The Morgan fingerprint density at radius 1 is 1.37 bits per heavy atom. The molecule has 0 fully saturated rings. The lowest BCUT2D eigenvalue weighted by atomic mass is 10.3. The van der Waals surface area contributed by atoms with Crippen molar-refractivity contribution >= 4 is 27.6 Å². The number of benzene rings is 1. The van der Waals surface area contributed by atoms with Gasteiger partial charge in [-0.05, 0) is 32.0 Å². The Kier molecular flexibility index (Phi) is 7.47. The highest BCUT2D eigenvalue weighted by Crippen LogP contribution is 2.15. The molecule has 0 unspecified atom stereocenters. The van der Waals surface area contributed by atoms with Crippen LogP contribution in [0.2, 0.25) is 0 Å². The van der Waals surface area contributed by atoms with Crippen molar-refractivity contribution in [1.29, 1.82) is 0 Å². The number of nitrogens with two attached hydrogens (primary N) is 1. The summed E-state index contributed by atoms with van der Waals surface area (Å²) in [5.41, 5.74) is 6.68. The van der Waals surface area contributed by atoms with Crippen molar-refractivity contribution in [2.75, 3.05) is 25.1 Å². The molecule has 0 aliphatic rings. The predicted octanol–water partition coefficient (Wildman–Crippen LogP) is 2.57. The molecule has 5 nitrogen and oxygen atoms in total. The largest absolute Gasteiger partial charge is 0.370 e. The molecule has 0 heterocycles. The van der Waals surface area contributed by atoms with Crippen molar-refractivity contribution in [2.24, 2.45) is 10.7 Å². The lowest BCUT2D eigenvalue weighted by molar-refractivity contribution is -0.128. The Bertz CT molecular complexity index is 407. The number of halogens is 1. The molecule has 0 amide bonds. The van der Waals surface area contributed by atoms with Crippen LogP contribution in [0.3, 0.4) is 0 Å². The number of aliphatic imine (C=N–C) groups is 1. The maximum absolute atomic E-state index is 5.81. The molecule has 3 N–H and O–H groups in total. The zero-order chi connectivity index (χ0) is 14.1. The first-order chi connectivity index (χ1) is 9.15. The summed E-state index contributed by atoms with van der Waals surface area (Å²) >= 11 is 3.39. The zero-order valence-corrected chi connectivity index (χ0v) is 12.8. The van der Waals surface area contributed by atoms with E-state index in [0.717, 1.165) is 10.2 Å². The third-order valence-electron chi connectivity index (χ3n) is 2.21. The lowest BCUT2D eigenvalue weighted by Gasteiger charge is -2.15. The van der Waals surface area contributed by atoms with Crippen LogP contribution >= 0.6 is 15.9 Å². The van der Waals surface area contributed by atoms with Gasteiger partial charge in [0.05, 0.1) is 6.54 Å². The number of anilines is 1. The number of nitrogens with zero attached hydrogens (tertiary/aromatic N) is 1. The fourth-order valence-electron chi connectivity index (χ4n) is 1.45. The van der Waals surface area contributed by atoms with Gasteiger partial charge in [-0.2, -0.15) is 0 Å². The van der Waals surface area contributed by atoms with Crippen LogP contribution < -0.4 is 11.1 Å². The lowest BCUT2D eigenvalue weighted by Crippen LogP contribution is -2.27. The third kappa shape index (κ3) is 6.56. The molecule has 0 radical (unpaired) electrons. The first-order valence-corrected chi connectivity index (χ1v) is 7.00. The minimum Gasteiger partial charge on any atom is -0.370 e. The summed E-state index contributed by atoms with van der Waals surface area (Å²) in [4.78, 5) is 4.20. The standard InChI is InChI=1S/C13H20BrN3O2/c1-3-18-12(19-4-2)9-16-13(15)17-11-7-5-6-10(14)8-11/h5-8,12H,3-4,9H2,1-2H3,(H3,15,16,17). The van der Waals surface area contributed by atoms with E-state index in [0.29, 0.717) is 25.7 Å². The molecule has 0 aliphatic carbocycles. The van der Waals surface area contributed by atoms with Crippen molar-refractivity contribution in [3.63, 3.8) is 0 Å². The van der Waals surface area contributed by atoms with Gasteiger partial charge in [0.1, 0.15) is 0 Å². The van der Waals surface area contributed by atoms with Crippen LogP contribution in [0.5, 0.6) is 0 Å². The number of nitrogens with one attached hydrogen (secondary N) is 1. The number of hydrogen-bond acceptors (Lipinski definition) is 3. The molecule has 0 bridgehead atoms. The number of guanidine groups is 1. The summed E-state index contributed by atoms with van der Waals surface area (Å²) in [7, 11) is 0. The average molecular weight is 330 g/mol. The van der Waals surface area contributed by atoms with Gasteiger partial charge < -0.3 is 20.5 Å². The maximum atomic E-state index is 5.81. The molecule has 1 rings (SSSR count). The van der Waals surface area contributed by atoms with Crippen LogP contribution in [-0.4, -0.2) is 32.0 Å². The fraction of sp³-hybridized carbons (Fsp3) is 0.462. The topological polar surface area (TPSA) is 68.9 Å². The molecular formula is C13H20BrN3O2. The molecule has 0 atom stereocenters. The van der Waals surface area contributed by atoms with Crippen LogP contribution in [0.1, 0.15) is 13.8 Å². The molecule has 1 aromatic rings. The van der Waals surface area contributed by atoms with E-state index in [9.17, 15) is 0 Å². The first-order valence-electron chi connectivity index (χ1n) is 6.21. The molecule has 0 saturated heterocycles. The normalized spacial score (nSPS) is 11.9. The van der Waals surface area contributed by atoms with Crippen molar-refractivity contribution < 1.29 is 9.47 Å². The third-order valence-corrected chi connectivity index (χ3v) is 2.71. The molecule has 19 heavy (non-hydrogen) atoms. The molecule has 0 saturated carbocycles. The van der Waals surface area contributed by atoms with E-state index < -0.39 is 0 Å². The van der Waals surface area contributed by atoms with Gasteiger partial charge in [0.15, 0.2) is 12.2 Å². The number of ether oxygens (including phenoxy) is 2. The summed E-state index contributed by atoms with van der Waals surface area (Å²) in [5.74, 6) is 0.336. The van der Waals surface area contributed by atoms with Gasteiger partial charge in [-0.15, -0.1) is 0 Å². The SMILES string of the molecule is CCOC(CN=C(N)Nc1cccc(Br)c1)OCC. The second-order valence-corrected chi connectivity index (χ2v) is 4.62. The van der Waals surface area contributed by atoms with E-state index in [-0.39, 0.29) is 6.29 Å². The van der Waals surface area contributed by atoms with Gasteiger partial charge in [-0.1, -0.05) is 22.0 Å². The number of rotatable bonds is 7. The van der Waals surface area contributed by atoms with Crippen molar-refractivity contribution in [3.05, 3.63) is 28.7 Å². The van der Waals surface area contributed by atoms with E-state index in [1.54, 1.807) is 0 Å². The minimum atomic E-state index is -0.349. The summed E-state index contributed by atoms with van der Waals surface area (Å²) in [6.45, 7) is 5.37. The minimum absolute atomic E-state index is 0.336. The summed E-state index contributed by atoms with van der Waals surface area (Å²) in [6.07, 6.45) is -0.349. The number of hydrogen-bond donors (Lipinski definition) is 2. The highest BCUT2D eigenvalue weighted by molar-refractivity contribution is 9.10. The fourth-order valence-corrected chi connectivity index (χ4v) is 1.85. The van der Waals surface area contributed by atoms with E-state index in [1.807, 2.05) is 38.1 Å². The summed E-state index contributed by atoms with van der Waals surface area (Å²) in [5, 5.41) is 3.01. The van der Waals surface area contributed by atoms with Crippen molar-refractivity contribution in [2.45, 2.75) is 20.1 Å². The smallest absolute Gasteiger partial charge is 0.193 e. The first kappa shape index (κ1) is 15.9. The maximum Gasteiger partial charge on any atom is 0.193 e. The van der Waals surface area contributed by atoms with Gasteiger partial charge in [0, 0.05) is 23.4 Å². The van der Waals surface area contributed by atoms with Gasteiger partial charge in [0.25, 0.3) is 0 Å². The Labute approximate surface area is 122 Å². The molecule has 0 spiro atoms. The predicted molar refractivity (Wildman–Crippen MR) is 81.3 cm³/mol. The summed E-state index contributed by atoms with van der Waals surface area (Å²) in [6, 6.07) is 7.70. The Hall–Kier alpha value is -1.11. The monoisotopic (exact) mass is 329 g/mol. The van der Waals surface area contributed by atoms with Gasteiger partial charge in [-0.25, -0.2) is 4.99 Å². The molecule has 1 aromatic carbocycles. The Balaban J connectivity index is 2.51. The summed E-state index contributed by atoms with van der Waals surface area (Å²) < 4.78 is 11.7. The molecule has 6 heteroatoms. The second kappa shape index (κ2) is 8.90. The van der Waals surface area contributed by atoms with Crippen LogP contribution in [0.4, 0.5) is 5.69 Å². The zero-order valence-electron chi connectivity index (χ0n) is 11.2. The van der Waals surface area contributed by atoms with Gasteiger partial charge in [-0.3, -0.25) is 0 Å². The quantitative estimate of drug-likeness (QED) is 0.458. The molecular weight excluding hydrogens is 310 g/mol. The van der Waals surface area contributed by atoms with Crippen LogP contribution in [0.15, 0.2) is 33.7 Å². The molecule has 0 aliphatic heterocycles. The van der Waals surface area contributed by atoms with Crippen LogP contribution in [0, 0.1) is 0 Å². The van der Waals surface area contributed by atoms with E-state index in [1.165, 1.54) is 0 Å². The average Bonchev–Trinajstić information content (AvgIpc) is 2.36. The van der Waals surface area contributed by atoms with Gasteiger partial charge >= 0.3 is 0 Å². The van der Waals surface area contributed by atoms with Gasteiger partial charge in [0.2, 0.25) is 0 Å². The highest BCUT2D eigenvalue weighted by atomic mass is 79.9. The highest BCUT2D eigenvalue weighted by Gasteiger charge is 2.06. The van der Waals surface area contributed by atoms with E-state index >= 15 is 0 Å². The van der Waals surface area contributed by atoms with E-state index in [4.69, 9.17) is 15.2 Å². The molecule has 106 valence electrons. The Morgan fingerprint density at radius 2 is 2.05 bits per heavy atom. The van der Waals surface area contributed by atoms with Crippen LogP contribution in [-0.2, 0) is 9.47 Å².